The minimum atomic E-state index is -4.46. The van der Waals surface area contributed by atoms with Crippen molar-refractivity contribution in [3.05, 3.63) is 35.4 Å². The second-order valence-corrected chi connectivity index (χ2v) is 7.36. The third-order valence-electron chi connectivity index (χ3n) is 5.18. The Hall–Kier alpha value is -2.95. The van der Waals surface area contributed by atoms with Crippen molar-refractivity contribution in [3.63, 3.8) is 0 Å². The van der Waals surface area contributed by atoms with E-state index >= 15 is 0 Å². The normalized spacial score (nSPS) is 17.9. The highest BCUT2D eigenvalue weighted by Gasteiger charge is 2.32. The molecule has 1 aromatic heterocycles. The van der Waals surface area contributed by atoms with Crippen molar-refractivity contribution >= 4 is 24.1 Å². The zero-order valence-corrected chi connectivity index (χ0v) is 17.0. The molecule has 8 nitrogen and oxygen atoms in total. The second-order valence-electron chi connectivity index (χ2n) is 7.36. The maximum Gasteiger partial charge on any atom is 0.417 e. The number of halogens is 3. The van der Waals surface area contributed by atoms with Crippen molar-refractivity contribution in [1.29, 1.82) is 0 Å². The number of hydrogen-bond acceptors (Lipinski definition) is 8. The third kappa shape index (κ3) is 5.40. The molecule has 0 bridgehead atoms. The van der Waals surface area contributed by atoms with E-state index in [1.165, 1.54) is 24.6 Å². The van der Waals surface area contributed by atoms with Crippen molar-refractivity contribution in [2.75, 3.05) is 54.6 Å². The monoisotopic (exact) mass is 435 g/mol. The first-order valence-electron chi connectivity index (χ1n) is 10.3. The van der Waals surface area contributed by atoms with Crippen LogP contribution in [0.1, 0.15) is 30.4 Å². The minimum absolute atomic E-state index is 0.0405. The first-order chi connectivity index (χ1) is 15.0. The smallest absolute Gasteiger partial charge is 0.378 e. The maximum atomic E-state index is 13.2. The number of piperidine rings is 1. The van der Waals surface area contributed by atoms with E-state index in [2.05, 4.69) is 30.4 Å². The molecule has 0 aliphatic carbocycles. The molecule has 166 valence electrons. The molecule has 0 spiro atoms. The molecule has 4 rings (SSSR count). The van der Waals surface area contributed by atoms with Gasteiger partial charge in [-0.15, -0.1) is 0 Å². The highest BCUT2D eigenvalue weighted by molar-refractivity contribution is 5.82. The van der Waals surface area contributed by atoms with Crippen LogP contribution in [0.15, 0.2) is 29.4 Å². The Morgan fingerprint density at radius 3 is 2.23 bits per heavy atom. The molecular formula is C20H24F3N7O. The van der Waals surface area contributed by atoms with Crippen LogP contribution < -0.4 is 15.2 Å². The lowest BCUT2D eigenvalue weighted by atomic mass is 10.1. The fourth-order valence-electron chi connectivity index (χ4n) is 3.57. The number of benzene rings is 1. The van der Waals surface area contributed by atoms with Gasteiger partial charge >= 0.3 is 6.18 Å². The highest BCUT2D eigenvalue weighted by atomic mass is 19.4. The number of alkyl halides is 3. The summed E-state index contributed by atoms with van der Waals surface area (Å²) in [5, 5.41) is 3.97. The fraction of sp³-hybridized carbons (Fsp3) is 0.500. The minimum Gasteiger partial charge on any atom is -0.378 e. The van der Waals surface area contributed by atoms with Crippen molar-refractivity contribution in [2.24, 2.45) is 5.10 Å². The summed E-state index contributed by atoms with van der Waals surface area (Å²) in [7, 11) is 0. The second kappa shape index (κ2) is 9.46. The Morgan fingerprint density at radius 2 is 1.55 bits per heavy atom. The van der Waals surface area contributed by atoms with Gasteiger partial charge in [-0.1, -0.05) is 18.2 Å². The van der Waals surface area contributed by atoms with E-state index in [1.54, 1.807) is 0 Å². The Kier molecular flexibility index (Phi) is 6.50. The van der Waals surface area contributed by atoms with Crippen LogP contribution in [0.5, 0.6) is 0 Å². The van der Waals surface area contributed by atoms with Crippen LogP contribution in [0.25, 0.3) is 0 Å². The van der Waals surface area contributed by atoms with Crippen molar-refractivity contribution in [3.8, 4) is 0 Å². The van der Waals surface area contributed by atoms with Gasteiger partial charge in [0.25, 0.3) is 0 Å². The number of ether oxygens (including phenoxy) is 1. The first-order valence-corrected chi connectivity index (χ1v) is 10.3. The number of rotatable bonds is 5. The molecule has 1 N–H and O–H groups in total. The Morgan fingerprint density at radius 1 is 0.903 bits per heavy atom. The van der Waals surface area contributed by atoms with Crippen molar-refractivity contribution in [2.45, 2.75) is 25.4 Å². The zero-order valence-electron chi connectivity index (χ0n) is 17.0. The van der Waals surface area contributed by atoms with Gasteiger partial charge in [0.2, 0.25) is 17.8 Å². The van der Waals surface area contributed by atoms with E-state index in [1.807, 2.05) is 4.90 Å². The van der Waals surface area contributed by atoms with Crippen LogP contribution in [-0.4, -0.2) is 60.6 Å². The number of hydrazone groups is 1. The van der Waals surface area contributed by atoms with Gasteiger partial charge in [0.15, 0.2) is 0 Å². The van der Waals surface area contributed by atoms with E-state index in [0.717, 1.165) is 38.2 Å². The predicted molar refractivity (Wildman–Crippen MR) is 112 cm³/mol. The van der Waals surface area contributed by atoms with Gasteiger partial charge in [0.1, 0.15) is 0 Å². The van der Waals surface area contributed by atoms with Crippen LogP contribution in [0.2, 0.25) is 0 Å². The van der Waals surface area contributed by atoms with Crippen LogP contribution in [0.4, 0.5) is 31.0 Å². The molecule has 2 saturated heterocycles. The molecule has 2 aliphatic rings. The van der Waals surface area contributed by atoms with Gasteiger partial charge in [-0.3, -0.25) is 0 Å². The van der Waals surface area contributed by atoms with Gasteiger partial charge in [-0.25, -0.2) is 5.43 Å². The van der Waals surface area contributed by atoms with Crippen LogP contribution in [-0.2, 0) is 10.9 Å². The van der Waals surface area contributed by atoms with Crippen molar-refractivity contribution in [1.82, 2.24) is 15.0 Å². The van der Waals surface area contributed by atoms with Crippen LogP contribution >= 0.6 is 0 Å². The third-order valence-corrected chi connectivity index (χ3v) is 5.18. The maximum absolute atomic E-state index is 13.2. The Bertz CT molecular complexity index is 874. The molecule has 0 unspecified atom stereocenters. The van der Waals surface area contributed by atoms with Crippen LogP contribution in [0.3, 0.4) is 0 Å². The summed E-state index contributed by atoms with van der Waals surface area (Å²) in [6.45, 7) is 4.19. The number of aromatic nitrogens is 3. The van der Waals surface area contributed by atoms with Gasteiger partial charge in [0, 0.05) is 31.7 Å². The molecule has 1 aromatic carbocycles. The molecule has 11 heteroatoms. The van der Waals surface area contributed by atoms with Crippen LogP contribution in [0, 0.1) is 0 Å². The average Bonchev–Trinajstić information content (AvgIpc) is 2.80. The van der Waals surface area contributed by atoms with Gasteiger partial charge in [-0.2, -0.15) is 33.2 Å². The van der Waals surface area contributed by atoms with Gasteiger partial charge < -0.3 is 14.5 Å². The van der Waals surface area contributed by atoms with E-state index in [4.69, 9.17) is 4.74 Å². The van der Waals surface area contributed by atoms with Gasteiger partial charge in [0.05, 0.1) is 25.0 Å². The number of nitrogens with one attached hydrogen (secondary N) is 1. The summed E-state index contributed by atoms with van der Waals surface area (Å²) in [6, 6.07) is 5.26. The van der Waals surface area contributed by atoms with E-state index in [9.17, 15) is 13.2 Å². The number of hydrogen-bond donors (Lipinski definition) is 1. The Balaban J connectivity index is 1.57. The summed E-state index contributed by atoms with van der Waals surface area (Å²) in [4.78, 5) is 17.6. The lowest BCUT2D eigenvalue weighted by Gasteiger charge is -2.30. The number of anilines is 3. The van der Waals surface area contributed by atoms with Crippen molar-refractivity contribution < 1.29 is 17.9 Å². The summed E-state index contributed by atoms with van der Waals surface area (Å²) >= 11 is 0. The van der Waals surface area contributed by atoms with Gasteiger partial charge in [-0.05, 0) is 25.3 Å². The fourth-order valence-corrected chi connectivity index (χ4v) is 3.57. The topological polar surface area (TPSA) is 78.8 Å². The summed E-state index contributed by atoms with van der Waals surface area (Å²) < 4.78 is 44.9. The standard InChI is InChI=1S/C20H24F3N7O/c21-20(22,23)16-7-3-2-6-15(16)14-24-28-17-25-18(29-8-4-1-5-9-29)27-19(26-17)30-10-12-31-13-11-30/h2-3,6-7,14H,1,4-5,8-13H2,(H,25,26,27,28)/b24-14+. The summed E-state index contributed by atoms with van der Waals surface area (Å²) in [5.74, 6) is 1.25. The lowest BCUT2D eigenvalue weighted by molar-refractivity contribution is -0.137. The zero-order chi connectivity index (χ0) is 21.7. The number of morpholine rings is 1. The molecule has 0 amide bonds. The molecule has 2 aromatic rings. The predicted octanol–water partition coefficient (Wildman–Crippen LogP) is 3.16. The Labute approximate surface area is 178 Å². The summed E-state index contributed by atoms with van der Waals surface area (Å²) in [6.07, 6.45) is -0.0321. The molecule has 0 radical (unpaired) electrons. The highest BCUT2D eigenvalue weighted by Crippen LogP contribution is 2.31. The molecule has 0 atom stereocenters. The average molecular weight is 435 g/mol. The molecular weight excluding hydrogens is 411 g/mol. The summed E-state index contributed by atoms with van der Waals surface area (Å²) in [5.41, 5.74) is 1.89. The SMILES string of the molecule is FC(F)(F)c1ccccc1/C=N/Nc1nc(N2CCCCC2)nc(N2CCOCC2)n1. The first kappa shape index (κ1) is 21.3. The molecule has 2 aliphatic heterocycles. The molecule has 31 heavy (non-hydrogen) atoms. The van der Waals surface area contributed by atoms with E-state index in [0.29, 0.717) is 38.2 Å². The molecule has 0 saturated carbocycles. The lowest BCUT2D eigenvalue weighted by Crippen LogP contribution is -2.38. The molecule has 2 fully saturated rings. The molecule has 3 heterocycles. The largest absolute Gasteiger partial charge is 0.417 e. The van der Waals surface area contributed by atoms with E-state index in [-0.39, 0.29) is 11.5 Å². The quantitative estimate of drug-likeness (QED) is 0.571. The van der Waals surface area contributed by atoms with E-state index < -0.39 is 11.7 Å². The number of nitrogens with zero attached hydrogens (tertiary/aromatic N) is 6.